The molecule has 410 valence electrons. The van der Waals surface area contributed by atoms with Gasteiger partial charge in [0.05, 0.1) is 28.1 Å². The third-order valence-electron chi connectivity index (χ3n) is 17.8. The Morgan fingerprint density at radius 2 is 0.659 bits per heavy atom. The molecule has 5 nitrogen and oxygen atoms in total. The maximum atomic E-state index is 5.35. The van der Waals surface area contributed by atoms with E-state index in [-0.39, 0.29) is 6.71 Å². The minimum Gasteiger partial charge on any atom is -0.311 e. The Labute approximate surface area is 512 Å². The van der Waals surface area contributed by atoms with Gasteiger partial charge in [-0.2, -0.15) is 0 Å². The van der Waals surface area contributed by atoms with Crippen molar-refractivity contribution in [3.8, 4) is 84.1 Å². The van der Waals surface area contributed by atoms with Crippen LogP contribution in [-0.4, -0.2) is 21.2 Å². The molecule has 0 aliphatic carbocycles. The number of rotatable bonds is 10. The van der Waals surface area contributed by atoms with Gasteiger partial charge in [0, 0.05) is 67.2 Å². The van der Waals surface area contributed by atoms with Crippen molar-refractivity contribution in [1.29, 1.82) is 0 Å². The number of fused-ring (bicyclic) bond motifs is 7. The Balaban J connectivity index is 0.825. The second kappa shape index (κ2) is 21.2. The van der Waals surface area contributed by atoms with Crippen molar-refractivity contribution in [2.75, 3.05) is 9.80 Å². The summed E-state index contributed by atoms with van der Waals surface area (Å²) < 4.78 is 2.47. The van der Waals surface area contributed by atoms with Crippen LogP contribution in [0.15, 0.2) is 328 Å². The highest BCUT2D eigenvalue weighted by Gasteiger charge is 2.43. The fourth-order valence-electron chi connectivity index (χ4n) is 13.7. The maximum absolute atomic E-state index is 5.35. The quantitative estimate of drug-likeness (QED) is 0.128. The third-order valence-corrected chi connectivity index (χ3v) is 17.8. The van der Waals surface area contributed by atoms with E-state index in [1.807, 2.05) is 24.3 Å². The Kier molecular flexibility index (Phi) is 12.2. The minimum atomic E-state index is 0.0705. The molecule has 0 N–H and O–H groups in total. The molecule has 6 heteroatoms. The zero-order valence-electron chi connectivity index (χ0n) is 48.0. The minimum absolute atomic E-state index is 0.0705. The zero-order chi connectivity index (χ0) is 58.1. The van der Waals surface area contributed by atoms with Gasteiger partial charge in [0.15, 0.2) is 5.82 Å². The van der Waals surface area contributed by atoms with Crippen molar-refractivity contribution in [2.45, 2.75) is 0 Å². The zero-order valence-corrected chi connectivity index (χ0v) is 48.0. The van der Waals surface area contributed by atoms with Crippen molar-refractivity contribution < 1.29 is 0 Å². The number of hydrogen-bond acceptors (Lipinski definition) is 4. The predicted octanol–water partition coefficient (Wildman–Crippen LogP) is 19.3. The van der Waals surface area contributed by atoms with E-state index in [2.05, 4.69) is 318 Å². The first-order valence-electron chi connectivity index (χ1n) is 30.2. The lowest BCUT2D eigenvalue weighted by Crippen LogP contribution is -2.61. The van der Waals surface area contributed by atoms with E-state index in [1.54, 1.807) is 0 Å². The Morgan fingerprint density at radius 3 is 1.25 bits per heavy atom. The third kappa shape index (κ3) is 8.64. The summed E-state index contributed by atoms with van der Waals surface area (Å²) in [5.41, 5.74) is 28.1. The average molecular weight is 1120 g/mol. The summed E-state index contributed by atoms with van der Waals surface area (Å²) in [6, 6.07) is 119. The van der Waals surface area contributed by atoms with Crippen LogP contribution in [0, 0.1) is 0 Å². The number of hydrogen-bond donors (Lipinski definition) is 0. The van der Waals surface area contributed by atoms with Gasteiger partial charge in [0.25, 0.3) is 6.71 Å². The fourth-order valence-corrected chi connectivity index (χ4v) is 13.7. The van der Waals surface area contributed by atoms with Gasteiger partial charge < -0.3 is 14.4 Å². The SMILES string of the molecule is c1ccc(-c2ccc3c(c2)c2cc(-c4ccccc4)ccc2n3-c2ccc(-c3cc(-c4ccccc4)nc(-c4ccccc4)n3)cc2-c2ccc(-c3cccc(N4c5ccccc5B5c6ccccc6N(c6ccccc6)c6cccc4c65)c3)cc2)cc1. The van der Waals surface area contributed by atoms with Gasteiger partial charge >= 0.3 is 0 Å². The summed E-state index contributed by atoms with van der Waals surface area (Å²) in [4.78, 5) is 15.5. The average Bonchev–Trinajstić information content (AvgIpc) is 1.26. The Bertz CT molecular complexity index is 4990. The van der Waals surface area contributed by atoms with Crippen LogP contribution >= 0.6 is 0 Å². The molecule has 0 saturated carbocycles. The second-order valence-electron chi connectivity index (χ2n) is 22.9. The molecule has 4 heterocycles. The lowest BCUT2D eigenvalue weighted by molar-refractivity contribution is 1.17. The molecule has 88 heavy (non-hydrogen) atoms. The summed E-state index contributed by atoms with van der Waals surface area (Å²) >= 11 is 0. The molecule has 0 bridgehead atoms. The van der Waals surface area contributed by atoms with Crippen molar-refractivity contribution in [3.05, 3.63) is 328 Å². The fraction of sp³-hybridized carbons (Fsp3) is 0. The normalized spacial score (nSPS) is 12.2. The van der Waals surface area contributed by atoms with Crippen LogP contribution in [0.2, 0.25) is 0 Å². The molecule has 0 unspecified atom stereocenters. The van der Waals surface area contributed by atoms with Crippen molar-refractivity contribution >= 4 is 79.0 Å². The van der Waals surface area contributed by atoms with Gasteiger partial charge in [-0.3, -0.25) is 0 Å². The molecule has 0 radical (unpaired) electrons. The van der Waals surface area contributed by atoms with E-state index in [0.29, 0.717) is 5.82 Å². The number of benzene rings is 13. The number of nitrogens with zero attached hydrogens (tertiary/aromatic N) is 5. The maximum Gasteiger partial charge on any atom is 0.252 e. The van der Waals surface area contributed by atoms with Gasteiger partial charge in [-0.05, 0) is 146 Å². The van der Waals surface area contributed by atoms with E-state index in [0.717, 1.165) is 78.4 Å². The van der Waals surface area contributed by atoms with E-state index in [1.165, 1.54) is 72.2 Å². The van der Waals surface area contributed by atoms with Crippen molar-refractivity contribution in [3.63, 3.8) is 0 Å². The molecule has 2 aliphatic rings. The van der Waals surface area contributed by atoms with Crippen LogP contribution in [0.4, 0.5) is 34.1 Å². The molecule has 17 rings (SSSR count). The summed E-state index contributed by atoms with van der Waals surface area (Å²) in [5.74, 6) is 0.680. The topological polar surface area (TPSA) is 37.2 Å². The van der Waals surface area contributed by atoms with E-state index in [9.17, 15) is 0 Å². The van der Waals surface area contributed by atoms with Crippen LogP contribution in [0.3, 0.4) is 0 Å². The monoisotopic (exact) mass is 1120 g/mol. The first kappa shape index (κ1) is 50.9. The van der Waals surface area contributed by atoms with E-state index in [4.69, 9.17) is 9.97 Å². The molecule has 0 fully saturated rings. The highest BCUT2D eigenvalue weighted by Crippen LogP contribution is 2.46. The van der Waals surface area contributed by atoms with Crippen LogP contribution in [0.25, 0.3) is 106 Å². The Morgan fingerprint density at radius 1 is 0.250 bits per heavy atom. The van der Waals surface area contributed by atoms with Gasteiger partial charge in [0.1, 0.15) is 0 Å². The van der Waals surface area contributed by atoms with Crippen LogP contribution in [0.5, 0.6) is 0 Å². The number of aromatic nitrogens is 3. The van der Waals surface area contributed by atoms with Gasteiger partial charge in [-0.1, -0.05) is 237 Å². The summed E-state index contributed by atoms with van der Waals surface area (Å²) in [7, 11) is 0. The lowest BCUT2D eigenvalue weighted by Gasteiger charge is -2.44. The summed E-state index contributed by atoms with van der Waals surface area (Å²) in [6.07, 6.45) is 0. The lowest BCUT2D eigenvalue weighted by atomic mass is 9.33. The first-order valence-corrected chi connectivity index (χ1v) is 30.2. The van der Waals surface area contributed by atoms with Gasteiger partial charge in [0.2, 0.25) is 0 Å². The molecule has 0 amide bonds. The summed E-state index contributed by atoms with van der Waals surface area (Å²) in [5, 5.41) is 2.38. The first-order chi connectivity index (χ1) is 43.6. The van der Waals surface area contributed by atoms with E-state index >= 15 is 0 Å². The van der Waals surface area contributed by atoms with Crippen molar-refractivity contribution in [2.24, 2.45) is 0 Å². The summed E-state index contributed by atoms with van der Waals surface area (Å²) in [6.45, 7) is 0.0705. The smallest absolute Gasteiger partial charge is 0.252 e. The largest absolute Gasteiger partial charge is 0.311 e. The molecule has 2 aromatic heterocycles. The molecule has 0 saturated heterocycles. The van der Waals surface area contributed by atoms with Crippen LogP contribution in [0.1, 0.15) is 0 Å². The number of anilines is 6. The molecule has 13 aromatic carbocycles. The standard InChI is InChI=1S/C82H54BN5/c1-6-22-55(23-7-1)62-44-47-75-68(51-62)69-52-63(56-24-8-2-9-25-56)45-48-76(69)88(75)74-49-46-64(73-54-72(59-26-10-3-11-27-59)84-82(85-73)60-28-12-4-13-29-60)53-67(74)58-42-40-57(41-43-58)61-30-20-33-66(50-61)87-78-37-19-17-35-71(78)83-70-34-16-18-36-77(70)86(65-31-14-5-15-32-65)79-38-21-39-80(87)81(79)83/h1-54H. The molecule has 15 aromatic rings. The Hall–Kier alpha value is -11.6. The molecule has 0 spiro atoms. The van der Waals surface area contributed by atoms with Crippen LogP contribution in [-0.2, 0) is 0 Å². The van der Waals surface area contributed by atoms with E-state index < -0.39 is 0 Å². The second-order valence-corrected chi connectivity index (χ2v) is 22.9. The number of para-hydroxylation sites is 3. The molecular weight excluding hydrogens is 1070 g/mol. The molecular formula is C82H54BN5. The molecule has 2 aliphatic heterocycles. The van der Waals surface area contributed by atoms with Gasteiger partial charge in [-0.15, -0.1) is 0 Å². The predicted molar refractivity (Wildman–Crippen MR) is 368 cm³/mol. The van der Waals surface area contributed by atoms with Crippen molar-refractivity contribution in [1.82, 2.24) is 14.5 Å². The highest BCUT2D eigenvalue weighted by molar-refractivity contribution is 7.00. The highest BCUT2D eigenvalue weighted by atomic mass is 15.2. The molecule has 0 atom stereocenters. The van der Waals surface area contributed by atoms with Crippen LogP contribution < -0.4 is 26.2 Å². The van der Waals surface area contributed by atoms with Gasteiger partial charge in [-0.25, -0.2) is 9.97 Å².